The summed E-state index contributed by atoms with van der Waals surface area (Å²) in [4.78, 5) is 10.7. The molecule has 0 aromatic carbocycles. The van der Waals surface area contributed by atoms with Gasteiger partial charge < -0.3 is 25.8 Å². The van der Waals surface area contributed by atoms with Gasteiger partial charge in [0, 0.05) is 0 Å². The van der Waals surface area contributed by atoms with E-state index in [1.807, 2.05) is 0 Å². The molecule has 1 aliphatic rings. The lowest BCUT2D eigenvalue weighted by Gasteiger charge is -2.20. The van der Waals surface area contributed by atoms with Crippen molar-refractivity contribution in [2.45, 2.75) is 30.7 Å². The molecule has 0 aliphatic carbocycles. The van der Waals surface area contributed by atoms with Gasteiger partial charge in [0.1, 0.15) is 24.6 Å². The zero-order valence-corrected chi connectivity index (χ0v) is 11.3. The van der Waals surface area contributed by atoms with Gasteiger partial charge in [-0.2, -0.15) is 13.2 Å². The molecule has 12 heteroatoms. The Kier molecular flexibility index (Phi) is 3.63. The molecule has 9 nitrogen and oxygen atoms in total. The number of nitrogens with two attached hydrogens (primary N) is 1. The normalized spacial score (nSPS) is 28.6. The molecule has 0 bridgehead atoms. The first-order chi connectivity index (χ1) is 10.8. The van der Waals surface area contributed by atoms with Crippen LogP contribution in [0.4, 0.5) is 19.0 Å². The number of anilines is 1. The second-order valence-electron chi connectivity index (χ2n) is 4.96. The SMILES string of the molecule is Nc1ncnc2c1nc(C(F)(F)F)n2C1OC(CO)C(O)C1O. The number of halogens is 3. The van der Waals surface area contributed by atoms with E-state index in [1.54, 1.807) is 0 Å². The molecule has 3 rings (SSSR count). The molecule has 23 heavy (non-hydrogen) atoms. The summed E-state index contributed by atoms with van der Waals surface area (Å²) in [5.41, 5.74) is 4.90. The van der Waals surface area contributed by atoms with E-state index in [0.717, 1.165) is 6.33 Å². The number of hydrogen-bond donors (Lipinski definition) is 4. The Balaban J connectivity index is 2.22. The van der Waals surface area contributed by atoms with Crippen molar-refractivity contribution in [1.29, 1.82) is 0 Å². The average Bonchev–Trinajstić information content (AvgIpc) is 2.99. The van der Waals surface area contributed by atoms with E-state index < -0.39 is 43.1 Å². The molecule has 0 spiro atoms. The van der Waals surface area contributed by atoms with Crippen LogP contribution in [0.2, 0.25) is 0 Å². The van der Waals surface area contributed by atoms with Gasteiger partial charge >= 0.3 is 6.18 Å². The van der Waals surface area contributed by atoms with Crippen LogP contribution in [-0.4, -0.2) is 59.8 Å². The average molecular weight is 335 g/mol. The largest absolute Gasteiger partial charge is 0.449 e. The second kappa shape index (κ2) is 5.26. The Hall–Kier alpha value is -2.02. The molecule has 3 heterocycles. The van der Waals surface area contributed by atoms with Gasteiger partial charge in [0.05, 0.1) is 6.61 Å². The van der Waals surface area contributed by atoms with Gasteiger partial charge in [0.2, 0.25) is 5.82 Å². The first-order valence-corrected chi connectivity index (χ1v) is 6.43. The van der Waals surface area contributed by atoms with Crippen molar-refractivity contribution < 1.29 is 33.2 Å². The van der Waals surface area contributed by atoms with Crippen LogP contribution < -0.4 is 5.73 Å². The van der Waals surface area contributed by atoms with Crippen molar-refractivity contribution in [3.8, 4) is 0 Å². The Bertz CT molecular complexity index is 736. The van der Waals surface area contributed by atoms with Crippen molar-refractivity contribution >= 4 is 17.0 Å². The fourth-order valence-electron chi connectivity index (χ4n) is 2.46. The molecule has 0 saturated carbocycles. The van der Waals surface area contributed by atoms with E-state index in [0.29, 0.717) is 4.57 Å². The van der Waals surface area contributed by atoms with Crippen LogP contribution in [-0.2, 0) is 10.9 Å². The summed E-state index contributed by atoms with van der Waals surface area (Å²) in [5.74, 6) is -1.68. The topological polar surface area (TPSA) is 140 Å². The van der Waals surface area contributed by atoms with Crippen LogP contribution in [0, 0.1) is 0 Å². The van der Waals surface area contributed by atoms with E-state index in [2.05, 4.69) is 15.0 Å². The minimum absolute atomic E-state index is 0.272. The summed E-state index contributed by atoms with van der Waals surface area (Å²) in [6.07, 6.45) is -10.1. The quantitative estimate of drug-likeness (QED) is 0.550. The molecule has 1 aliphatic heterocycles. The fraction of sp³-hybridized carbons (Fsp3) is 0.545. The number of nitrogen functional groups attached to an aromatic ring is 1. The molecule has 4 atom stereocenters. The van der Waals surface area contributed by atoms with Crippen LogP contribution in [0.5, 0.6) is 0 Å². The van der Waals surface area contributed by atoms with Gasteiger partial charge in [-0.25, -0.2) is 15.0 Å². The van der Waals surface area contributed by atoms with Crippen molar-refractivity contribution in [2.75, 3.05) is 12.3 Å². The van der Waals surface area contributed by atoms with Crippen LogP contribution in [0.1, 0.15) is 12.1 Å². The van der Waals surface area contributed by atoms with Crippen molar-refractivity contribution in [2.24, 2.45) is 0 Å². The highest BCUT2D eigenvalue weighted by Gasteiger charge is 2.48. The third-order valence-electron chi connectivity index (χ3n) is 3.53. The summed E-state index contributed by atoms with van der Waals surface area (Å²) in [7, 11) is 0. The number of alkyl halides is 3. The standard InChI is InChI=1S/C11H12F3N5O4/c12-11(13,14)10-18-4-7(15)16-2-17-8(4)19(10)9-6(22)5(21)3(1-20)23-9/h2-3,5-6,9,20-22H,1H2,(H2,15,16,17). The predicted octanol–water partition coefficient (Wildman–Crippen LogP) is -0.961. The zero-order valence-electron chi connectivity index (χ0n) is 11.3. The van der Waals surface area contributed by atoms with Gasteiger partial charge in [-0.1, -0.05) is 0 Å². The highest BCUT2D eigenvalue weighted by Crippen LogP contribution is 2.38. The maximum Gasteiger partial charge on any atom is 0.449 e. The molecule has 2 aromatic heterocycles. The lowest BCUT2D eigenvalue weighted by molar-refractivity contribution is -0.154. The smallest absolute Gasteiger partial charge is 0.394 e. The maximum absolute atomic E-state index is 13.3. The number of fused-ring (bicyclic) bond motifs is 1. The van der Waals surface area contributed by atoms with Crippen LogP contribution in [0.15, 0.2) is 6.33 Å². The number of nitrogens with zero attached hydrogens (tertiary/aromatic N) is 4. The Morgan fingerprint density at radius 3 is 2.52 bits per heavy atom. The van der Waals surface area contributed by atoms with E-state index >= 15 is 0 Å². The lowest BCUT2D eigenvalue weighted by Crippen LogP contribution is -2.33. The van der Waals surface area contributed by atoms with Gasteiger partial charge in [0.25, 0.3) is 0 Å². The van der Waals surface area contributed by atoms with Crippen LogP contribution in [0.3, 0.4) is 0 Å². The highest BCUT2D eigenvalue weighted by molar-refractivity contribution is 5.82. The van der Waals surface area contributed by atoms with E-state index in [1.165, 1.54) is 0 Å². The molecule has 1 saturated heterocycles. The van der Waals surface area contributed by atoms with E-state index in [4.69, 9.17) is 15.6 Å². The van der Waals surface area contributed by atoms with Crippen molar-refractivity contribution in [3.05, 3.63) is 12.2 Å². The molecule has 2 aromatic rings. The molecule has 0 amide bonds. The Labute approximate surface area is 126 Å². The molecular formula is C11H12F3N5O4. The summed E-state index contributed by atoms with van der Waals surface area (Å²) in [5, 5.41) is 28.8. The van der Waals surface area contributed by atoms with Crippen LogP contribution >= 0.6 is 0 Å². The Morgan fingerprint density at radius 1 is 1.26 bits per heavy atom. The minimum atomic E-state index is -4.89. The lowest BCUT2D eigenvalue weighted by atomic mass is 10.1. The van der Waals surface area contributed by atoms with Gasteiger partial charge in [-0.3, -0.25) is 4.57 Å². The third kappa shape index (κ3) is 2.39. The first kappa shape index (κ1) is 15.9. The number of aromatic nitrogens is 4. The number of rotatable bonds is 2. The van der Waals surface area contributed by atoms with E-state index in [9.17, 15) is 23.4 Å². The molecule has 1 fully saturated rings. The number of aliphatic hydroxyl groups excluding tert-OH is 3. The number of aliphatic hydroxyl groups is 3. The highest BCUT2D eigenvalue weighted by atomic mass is 19.4. The molecule has 126 valence electrons. The molecule has 4 unspecified atom stereocenters. The van der Waals surface area contributed by atoms with Crippen LogP contribution in [0.25, 0.3) is 11.2 Å². The van der Waals surface area contributed by atoms with E-state index in [-0.39, 0.29) is 17.0 Å². The summed E-state index contributed by atoms with van der Waals surface area (Å²) < 4.78 is 45.4. The van der Waals surface area contributed by atoms with Crippen molar-refractivity contribution in [1.82, 2.24) is 19.5 Å². The zero-order chi connectivity index (χ0) is 16.9. The molecule has 0 radical (unpaired) electrons. The van der Waals surface area contributed by atoms with Gasteiger partial charge in [-0.05, 0) is 0 Å². The maximum atomic E-state index is 13.3. The van der Waals surface area contributed by atoms with Crippen molar-refractivity contribution in [3.63, 3.8) is 0 Å². The number of imidazole rings is 1. The molecular weight excluding hydrogens is 323 g/mol. The summed E-state index contributed by atoms with van der Waals surface area (Å²) >= 11 is 0. The third-order valence-corrected chi connectivity index (χ3v) is 3.53. The minimum Gasteiger partial charge on any atom is -0.394 e. The Morgan fingerprint density at radius 2 is 1.96 bits per heavy atom. The first-order valence-electron chi connectivity index (χ1n) is 6.43. The summed E-state index contributed by atoms with van der Waals surface area (Å²) in [6.45, 7) is -0.681. The molecule has 5 N–H and O–H groups in total. The second-order valence-corrected chi connectivity index (χ2v) is 4.96. The van der Waals surface area contributed by atoms with Gasteiger partial charge in [-0.15, -0.1) is 0 Å². The fourth-order valence-corrected chi connectivity index (χ4v) is 2.46. The predicted molar refractivity (Wildman–Crippen MR) is 67.7 cm³/mol. The monoisotopic (exact) mass is 335 g/mol. The number of hydrogen-bond acceptors (Lipinski definition) is 8. The summed E-state index contributed by atoms with van der Waals surface area (Å²) in [6, 6.07) is 0. The number of ether oxygens (including phenoxy) is 1. The van der Waals surface area contributed by atoms with Gasteiger partial charge in [0.15, 0.2) is 23.2 Å².